The Morgan fingerprint density at radius 1 is 1.24 bits per heavy atom. The number of ether oxygens (including phenoxy) is 2. The fraction of sp³-hybridized carbons (Fsp3) is 0.304. The van der Waals surface area contributed by atoms with Gasteiger partial charge in [-0.1, -0.05) is 0 Å². The van der Waals surface area contributed by atoms with E-state index in [0.29, 0.717) is 34.4 Å². The highest BCUT2D eigenvalue weighted by Gasteiger charge is 2.25. The molecule has 1 aliphatic heterocycles. The zero-order valence-corrected chi connectivity index (χ0v) is 19.9. The van der Waals surface area contributed by atoms with Gasteiger partial charge in [-0.2, -0.15) is 0 Å². The number of amides is 2. The topological polar surface area (TPSA) is 97.8 Å². The first kappa shape index (κ1) is 22.9. The lowest BCUT2D eigenvalue weighted by molar-refractivity contribution is -0.117. The molecule has 1 aliphatic rings. The maximum atomic E-state index is 12.7. The molecule has 0 spiro atoms. The van der Waals surface area contributed by atoms with Gasteiger partial charge in [0.15, 0.2) is 5.13 Å². The fourth-order valence-electron chi connectivity index (χ4n) is 3.44. The van der Waals surface area contributed by atoms with Crippen LogP contribution in [0.15, 0.2) is 35.7 Å². The zero-order chi connectivity index (χ0) is 23.4. The number of carbonyl (C=O) groups excluding carboxylic acids is 3. The Morgan fingerprint density at radius 2 is 2.03 bits per heavy atom. The number of rotatable bonds is 8. The van der Waals surface area contributed by atoms with Gasteiger partial charge in [-0.25, -0.2) is 9.78 Å². The largest absolute Gasteiger partial charge is 0.497 e. The van der Waals surface area contributed by atoms with Crippen molar-refractivity contribution in [2.45, 2.75) is 26.2 Å². The van der Waals surface area contributed by atoms with Gasteiger partial charge in [0, 0.05) is 23.2 Å². The smallest absolute Gasteiger partial charge is 0.350 e. The van der Waals surface area contributed by atoms with Gasteiger partial charge in [0.2, 0.25) is 11.8 Å². The maximum absolute atomic E-state index is 12.7. The van der Waals surface area contributed by atoms with Crippen molar-refractivity contribution in [2.75, 3.05) is 30.5 Å². The van der Waals surface area contributed by atoms with Crippen molar-refractivity contribution in [3.05, 3.63) is 46.3 Å². The number of thiophene rings is 1. The quantitative estimate of drug-likeness (QED) is 0.476. The van der Waals surface area contributed by atoms with E-state index in [1.165, 1.54) is 22.7 Å². The first-order valence-electron chi connectivity index (χ1n) is 10.5. The molecule has 1 fully saturated rings. The highest BCUT2D eigenvalue weighted by atomic mass is 32.1. The summed E-state index contributed by atoms with van der Waals surface area (Å²) in [5, 5.41) is 5.23. The van der Waals surface area contributed by atoms with Crippen LogP contribution in [0.4, 0.5) is 10.8 Å². The van der Waals surface area contributed by atoms with Gasteiger partial charge in [0.05, 0.1) is 31.5 Å². The molecule has 1 N–H and O–H groups in total. The highest BCUT2D eigenvalue weighted by molar-refractivity contribution is 7.18. The van der Waals surface area contributed by atoms with Crippen molar-refractivity contribution in [1.29, 1.82) is 0 Å². The summed E-state index contributed by atoms with van der Waals surface area (Å²) >= 11 is 2.61. The highest BCUT2D eigenvalue weighted by Crippen LogP contribution is 2.36. The molecule has 0 bridgehead atoms. The second-order valence-electron chi connectivity index (χ2n) is 7.30. The molecule has 3 heterocycles. The molecular weight excluding hydrogens is 462 g/mol. The number of nitrogens with one attached hydrogen (secondary N) is 1. The number of anilines is 2. The van der Waals surface area contributed by atoms with E-state index in [9.17, 15) is 14.4 Å². The molecule has 2 aromatic heterocycles. The third-order valence-electron chi connectivity index (χ3n) is 5.03. The molecule has 1 aromatic carbocycles. The SMILES string of the molecule is CCOC(=O)c1sc(-c2ccc(OC)cc2)cc1NC(=O)Cc1csc(N2CCCC2=O)n1. The van der Waals surface area contributed by atoms with Crippen molar-refractivity contribution >= 4 is 51.3 Å². The summed E-state index contributed by atoms with van der Waals surface area (Å²) in [5.74, 6) is 0.00163. The van der Waals surface area contributed by atoms with Gasteiger partial charge in [-0.3, -0.25) is 14.5 Å². The molecule has 0 saturated carbocycles. The number of esters is 1. The lowest BCUT2D eigenvalue weighted by atomic mass is 10.2. The number of hydrogen-bond donors (Lipinski definition) is 1. The normalized spacial score (nSPS) is 13.3. The summed E-state index contributed by atoms with van der Waals surface area (Å²) in [4.78, 5) is 44.4. The van der Waals surface area contributed by atoms with Crippen LogP contribution in [0.3, 0.4) is 0 Å². The summed E-state index contributed by atoms with van der Waals surface area (Å²) in [5.41, 5.74) is 1.88. The van der Waals surface area contributed by atoms with Crippen LogP contribution in [0.5, 0.6) is 5.75 Å². The van der Waals surface area contributed by atoms with Crippen LogP contribution in [0.25, 0.3) is 10.4 Å². The number of benzene rings is 1. The minimum Gasteiger partial charge on any atom is -0.497 e. The van der Waals surface area contributed by atoms with E-state index in [0.717, 1.165) is 22.6 Å². The number of carbonyl (C=O) groups is 3. The summed E-state index contributed by atoms with van der Waals surface area (Å²) in [6.45, 7) is 2.63. The molecule has 10 heteroatoms. The molecule has 0 radical (unpaired) electrons. The Bertz CT molecular complexity index is 1170. The molecule has 8 nitrogen and oxygen atoms in total. The molecule has 0 unspecified atom stereocenters. The molecule has 33 heavy (non-hydrogen) atoms. The monoisotopic (exact) mass is 485 g/mol. The Balaban J connectivity index is 1.51. The van der Waals surface area contributed by atoms with Gasteiger partial charge >= 0.3 is 5.97 Å². The number of aromatic nitrogens is 1. The Kier molecular flexibility index (Phi) is 7.05. The van der Waals surface area contributed by atoms with Gasteiger partial charge in [-0.15, -0.1) is 22.7 Å². The summed E-state index contributed by atoms with van der Waals surface area (Å²) in [6, 6.07) is 9.22. The molecular formula is C23H23N3O5S2. The van der Waals surface area contributed by atoms with Crippen molar-refractivity contribution in [2.24, 2.45) is 0 Å². The second-order valence-corrected chi connectivity index (χ2v) is 9.19. The number of thiazole rings is 1. The second kappa shape index (κ2) is 10.1. The minimum atomic E-state index is -0.485. The van der Waals surface area contributed by atoms with Crippen LogP contribution < -0.4 is 15.0 Å². The molecule has 172 valence electrons. The molecule has 3 aromatic rings. The van der Waals surface area contributed by atoms with E-state index < -0.39 is 5.97 Å². The molecule has 2 amide bonds. The van der Waals surface area contributed by atoms with E-state index in [-0.39, 0.29) is 24.8 Å². The number of methoxy groups -OCH3 is 1. The van der Waals surface area contributed by atoms with Crippen LogP contribution in [0.1, 0.15) is 35.1 Å². The lowest BCUT2D eigenvalue weighted by Gasteiger charge is -2.10. The average Bonchev–Trinajstić information content (AvgIpc) is 3.54. The average molecular weight is 486 g/mol. The third kappa shape index (κ3) is 5.23. The van der Waals surface area contributed by atoms with Crippen LogP contribution in [-0.4, -0.2) is 43.0 Å². The zero-order valence-electron chi connectivity index (χ0n) is 18.3. The van der Waals surface area contributed by atoms with E-state index in [2.05, 4.69) is 10.3 Å². The molecule has 0 aliphatic carbocycles. The van der Waals surface area contributed by atoms with Crippen LogP contribution in [0.2, 0.25) is 0 Å². The first-order chi connectivity index (χ1) is 16.0. The number of hydrogen-bond acceptors (Lipinski definition) is 8. The molecule has 0 atom stereocenters. The van der Waals surface area contributed by atoms with Gasteiger partial charge in [0.25, 0.3) is 0 Å². The summed E-state index contributed by atoms with van der Waals surface area (Å²) < 4.78 is 10.4. The van der Waals surface area contributed by atoms with E-state index in [1.54, 1.807) is 30.4 Å². The molecule has 4 rings (SSSR count). The van der Waals surface area contributed by atoms with E-state index in [1.807, 2.05) is 24.3 Å². The maximum Gasteiger partial charge on any atom is 0.350 e. The van der Waals surface area contributed by atoms with Crippen molar-refractivity contribution in [1.82, 2.24) is 4.98 Å². The summed E-state index contributed by atoms with van der Waals surface area (Å²) in [6.07, 6.45) is 1.38. The lowest BCUT2D eigenvalue weighted by Crippen LogP contribution is -2.23. The minimum absolute atomic E-state index is 0.0362. The predicted octanol–water partition coefficient (Wildman–Crippen LogP) is 4.36. The van der Waals surface area contributed by atoms with Crippen molar-refractivity contribution < 1.29 is 23.9 Å². The van der Waals surface area contributed by atoms with Crippen LogP contribution in [0, 0.1) is 0 Å². The fourth-order valence-corrected chi connectivity index (χ4v) is 5.32. The Labute approximate surface area is 199 Å². The van der Waals surface area contributed by atoms with Crippen LogP contribution in [-0.2, 0) is 20.7 Å². The van der Waals surface area contributed by atoms with Crippen molar-refractivity contribution in [3.63, 3.8) is 0 Å². The van der Waals surface area contributed by atoms with E-state index in [4.69, 9.17) is 9.47 Å². The van der Waals surface area contributed by atoms with Gasteiger partial charge < -0.3 is 14.8 Å². The van der Waals surface area contributed by atoms with E-state index >= 15 is 0 Å². The van der Waals surface area contributed by atoms with Crippen LogP contribution >= 0.6 is 22.7 Å². The van der Waals surface area contributed by atoms with Crippen molar-refractivity contribution in [3.8, 4) is 16.2 Å². The Morgan fingerprint density at radius 3 is 2.70 bits per heavy atom. The predicted molar refractivity (Wildman–Crippen MR) is 128 cm³/mol. The van der Waals surface area contributed by atoms with Gasteiger partial charge in [-0.05, 0) is 49.2 Å². The van der Waals surface area contributed by atoms with Gasteiger partial charge in [0.1, 0.15) is 10.6 Å². The standard InChI is InChI=1S/C23H23N3O5S2/c1-3-31-22(29)21-17(12-18(33-21)14-6-8-16(30-2)9-7-14)25-19(27)11-15-13-32-23(24-15)26-10-4-5-20(26)28/h6-9,12-13H,3-5,10-11H2,1-2H3,(H,25,27). The number of nitrogens with zero attached hydrogens (tertiary/aromatic N) is 2. The Hall–Kier alpha value is -3.24. The molecule has 1 saturated heterocycles. The first-order valence-corrected chi connectivity index (χ1v) is 12.2. The third-order valence-corrected chi connectivity index (χ3v) is 7.10. The summed E-state index contributed by atoms with van der Waals surface area (Å²) in [7, 11) is 1.60.